The Hall–Kier alpha value is -1.79. The molecule has 0 aromatic carbocycles. The van der Waals surface area contributed by atoms with Crippen LogP contribution in [0.3, 0.4) is 0 Å². The largest absolute Gasteiger partial charge is 0.457 e. The number of aliphatic hydroxyl groups is 7. The predicted molar refractivity (Wildman–Crippen MR) is 261 cm³/mol. The Balaban J connectivity index is 1.75. The molecular formula is C53H96O14. The highest BCUT2D eigenvalue weighted by Gasteiger charge is 2.47. The van der Waals surface area contributed by atoms with Gasteiger partial charge in [-0.25, -0.2) is 0 Å². The van der Waals surface area contributed by atoms with Gasteiger partial charge >= 0.3 is 5.97 Å². The second-order valence-corrected chi connectivity index (χ2v) is 18.7. The van der Waals surface area contributed by atoms with Gasteiger partial charge in [0, 0.05) is 13.0 Å². The summed E-state index contributed by atoms with van der Waals surface area (Å²) in [5, 5.41) is 72.1. The van der Waals surface area contributed by atoms with Crippen molar-refractivity contribution < 1.29 is 69.0 Å². The fourth-order valence-electron chi connectivity index (χ4n) is 8.29. The van der Waals surface area contributed by atoms with Crippen LogP contribution in [0.25, 0.3) is 0 Å². The van der Waals surface area contributed by atoms with Crippen molar-refractivity contribution >= 4 is 5.97 Å². The SMILES string of the molecule is CCCCC/C=C\C/C=C\C/C=C\CCCCCCCCCOCC(COC1OC(COC2OC(CO)C(O)C(O)C2O)C(O)C(O)C1O)OC(=O)CCCCCCCCCCCCCCC. The van der Waals surface area contributed by atoms with E-state index in [1.165, 1.54) is 109 Å². The van der Waals surface area contributed by atoms with Gasteiger partial charge in [-0.2, -0.15) is 0 Å². The second-order valence-electron chi connectivity index (χ2n) is 18.7. The molecule has 392 valence electrons. The molecule has 67 heavy (non-hydrogen) atoms. The summed E-state index contributed by atoms with van der Waals surface area (Å²) < 4.78 is 34.3. The number of carbonyl (C=O) groups is 1. The van der Waals surface area contributed by atoms with Crippen LogP contribution in [-0.4, -0.2) is 142 Å². The van der Waals surface area contributed by atoms with Gasteiger partial charge in [0.15, 0.2) is 12.6 Å². The van der Waals surface area contributed by atoms with Crippen LogP contribution in [0, 0.1) is 0 Å². The number of rotatable bonds is 42. The van der Waals surface area contributed by atoms with E-state index in [9.17, 15) is 40.5 Å². The molecule has 0 aliphatic carbocycles. The smallest absolute Gasteiger partial charge is 0.306 e. The molecular weight excluding hydrogens is 861 g/mol. The molecule has 0 aromatic rings. The Morgan fingerprint density at radius 3 is 1.48 bits per heavy atom. The Labute approximate surface area is 404 Å². The number of allylic oxidation sites excluding steroid dienone is 6. The maximum absolute atomic E-state index is 13.0. The molecule has 11 atom stereocenters. The van der Waals surface area contributed by atoms with Crippen molar-refractivity contribution in [3.63, 3.8) is 0 Å². The van der Waals surface area contributed by atoms with Crippen LogP contribution in [0.5, 0.6) is 0 Å². The topological polar surface area (TPSA) is 214 Å². The molecule has 2 rings (SSSR count). The number of unbranched alkanes of at least 4 members (excludes halogenated alkanes) is 22. The van der Waals surface area contributed by atoms with Crippen LogP contribution in [0.1, 0.15) is 194 Å². The molecule has 0 saturated carbocycles. The number of esters is 1. The first kappa shape index (κ1) is 61.3. The minimum Gasteiger partial charge on any atom is -0.457 e. The normalized spacial score (nSPS) is 26.3. The molecule has 2 saturated heterocycles. The third kappa shape index (κ3) is 28.6. The van der Waals surface area contributed by atoms with Crippen molar-refractivity contribution in [1.29, 1.82) is 0 Å². The average Bonchev–Trinajstić information content (AvgIpc) is 3.32. The Kier molecular flexibility index (Phi) is 37.4. The minimum atomic E-state index is -1.71. The summed E-state index contributed by atoms with van der Waals surface area (Å²) >= 11 is 0. The first-order valence-corrected chi connectivity index (χ1v) is 26.6. The number of hydrogen-bond donors (Lipinski definition) is 7. The quantitative estimate of drug-likeness (QED) is 0.0175. The van der Waals surface area contributed by atoms with Crippen LogP contribution < -0.4 is 0 Å². The zero-order valence-corrected chi connectivity index (χ0v) is 41.6. The first-order valence-electron chi connectivity index (χ1n) is 26.6. The second kappa shape index (κ2) is 40.9. The lowest BCUT2D eigenvalue weighted by Crippen LogP contribution is -2.61. The lowest BCUT2D eigenvalue weighted by atomic mass is 9.98. The molecule has 0 amide bonds. The molecule has 0 spiro atoms. The van der Waals surface area contributed by atoms with E-state index >= 15 is 0 Å². The summed E-state index contributed by atoms with van der Waals surface area (Å²) in [7, 11) is 0. The maximum atomic E-state index is 13.0. The molecule has 0 radical (unpaired) electrons. The van der Waals surface area contributed by atoms with E-state index in [0.717, 1.165) is 57.8 Å². The highest BCUT2D eigenvalue weighted by molar-refractivity contribution is 5.69. The van der Waals surface area contributed by atoms with E-state index in [1.807, 2.05) is 0 Å². The van der Waals surface area contributed by atoms with Crippen LogP contribution in [0.2, 0.25) is 0 Å². The number of aliphatic hydroxyl groups excluding tert-OH is 7. The van der Waals surface area contributed by atoms with Crippen LogP contribution in [0.4, 0.5) is 0 Å². The molecule has 7 N–H and O–H groups in total. The predicted octanol–water partition coefficient (Wildman–Crippen LogP) is 8.19. The monoisotopic (exact) mass is 957 g/mol. The molecule has 2 aliphatic heterocycles. The number of hydrogen-bond acceptors (Lipinski definition) is 14. The van der Waals surface area contributed by atoms with Gasteiger partial charge < -0.3 is 64.2 Å². The van der Waals surface area contributed by atoms with Crippen molar-refractivity contribution in [2.24, 2.45) is 0 Å². The summed E-state index contributed by atoms with van der Waals surface area (Å²) in [5.74, 6) is -0.379. The van der Waals surface area contributed by atoms with Gasteiger partial charge in [0.1, 0.15) is 54.9 Å². The molecule has 0 aromatic heterocycles. The highest BCUT2D eigenvalue weighted by Crippen LogP contribution is 2.26. The van der Waals surface area contributed by atoms with E-state index in [4.69, 9.17) is 28.4 Å². The number of ether oxygens (including phenoxy) is 6. The van der Waals surface area contributed by atoms with Gasteiger partial charge in [0.05, 0.1) is 26.4 Å². The van der Waals surface area contributed by atoms with Crippen molar-refractivity contribution in [3.05, 3.63) is 36.5 Å². The maximum Gasteiger partial charge on any atom is 0.306 e. The van der Waals surface area contributed by atoms with E-state index in [2.05, 4.69) is 50.3 Å². The van der Waals surface area contributed by atoms with Gasteiger partial charge in [0.25, 0.3) is 0 Å². The average molecular weight is 957 g/mol. The molecule has 2 heterocycles. The third-order valence-electron chi connectivity index (χ3n) is 12.7. The highest BCUT2D eigenvalue weighted by atomic mass is 16.7. The molecule has 0 bridgehead atoms. The number of carbonyl (C=O) groups excluding carboxylic acids is 1. The van der Waals surface area contributed by atoms with Crippen LogP contribution in [-0.2, 0) is 33.2 Å². The summed E-state index contributed by atoms with van der Waals surface area (Å²) in [6.07, 6.45) is 29.1. The molecule has 2 fully saturated rings. The molecule has 14 heteroatoms. The Morgan fingerprint density at radius 1 is 0.493 bits per heavy atom. The summed E-state index contributed by atoms with van der Waals surface area (Å²) in [6, 6.07) is 0. The van der Waals surface area contributed by atoms with E-state index in [-0.39, 0.29) is 25.6 Å². The zero-order chi connectivity index (χ0) is 48.7. The van der Waals surface area contributed by atoms with Gasteiger partial charge in [-0.05, 0) is 51.4 Å². The Morgan fingerprint density at radius 2 is 0.925 bits per heavy atom. The zero-order valence-electron chi connectivity index (χ0n) is 41.6. The third-order valence-corrected chi connectivity index (χ3v) is 12.7. The molecule has 11 unspecified atom stereocenters. The van der Waals surface area contributed by atoms with Crippen molar-refractivity contribution in [3.8, 4) is 0 Å². The van der Waals surface area contributed by atoms with E-state index in [0.29, 0.717) is 13.0 Å². The van der Waals surface area contributed by atoms with Gasteiger partial charge in [0.2, 0.25) is 0 Å². The minimum absolute atomic E-state index is 0.0570. The van der Waals surface area contributed by atoms with Gasteiger partial charge in [-0.1, -0.05) is 172 Å². The van der Waals surface area contributed by atoms with Crippen LogP contribution >= 0.6 is 0 Å². The fraction of sp³-hybridized carbons (Fsp3) is 0.868. The Bertz CT molecular complexity index is 1250. The van der Waals surface area contributed by atoms with Crippen molar-refractivity contribution in [2.75, 3.05) is 33.0 Å². The molecule has 14 nitrogen and oxygen atoms in total. The van der Waals surface area contributed by atoms with Crippen molar-refractivity contribution in [1.82, 2.24) is 0 Å². The first-order chi connectivity index (χ1) is 32.6. The van der Waals surface area contributed by atoms with Gasteiger partial charge in [-0.15, -0.1) is 0 Å². The summed E-state index contributed by atoms with van der Waals surface area (Å²) in [4.78, 5) is 13.0. The van der Waals surface area contributed by atoms with E-state index < -0.39 is 80.7 Å². The van der Waals surface area contributed by atoms with E-state index in [1.54, 1.807) is 0 Å². The lowest BCUT2D eigenvalue weighted by Gasteiger charge is -2.42. The molecule has 2 aliphatic rings. The summed E-state index contributed by atoms with van der Waals surface area (Å²) in [6.45, 7) is 3.65. The lowest BCUT2D eigenvalue weighted by molar-refractivity contribution is -0.332. The fourth-order valence-corrected chi connectivity index (χ4v) is 8.29. The van der Waals surface area contributed by atoms with Crippen LogP contribution in [0.15, 0.2) is 36.5 Å². The van der Waals surface area contributed by atoms with Crippen molar-refractivity contribution in [2.45, 2.75) is 261 Å². The standard InChI is InChI=1S/C53H96O14/c1-3-5-7-9-11-13-15-17-18-19-20-21-22-23-25-27-29-31-33-35-37-62-39-42(65-45(55)36-34-32-30-28-26-24-16-14-12-10-8-6-4-2)40-63-52-51(61)49(59)47(57)44(67-52)41-64-53-50(60)48(58)46(56)43(38-54)66-53/h11,13,17-18,20-21,42-44,46-54,56-61H,3-10,12,14-16,19,22-41H2,1-2H3/b13-11-,18-17-,21-20-. The summed E-state index contributed by atoms with van der Waals surface area (Å²) in [5.41, 5.74) is 0. The van der Waals surface area contributed by atoms with Gasteiger partial charge in [-0.3, -0.25) is 4.79 Å².